The minimum absolute atomic E-state index is 0.0635. The van der Waals surface area contributed by atoms with Gasteiger partial charge in [0.25, 0.3) is 5.91 Å². The molecule has 1 amide bonds. The molecule has 0 aliphatic carbocycles. The largest absolute Gasteiger partial charge is 0.417 e. The number of nitrogens with one attached hydrogen (secondary N) is 1. The second-order valence-electron chi connectivity index (χ2n) is 6.09. The highest BCUT2D eigenvalue weighted by molar-refractivity contribution is 7.99. The molecule has 2 aromatic carbocycles. The molecular formula is C19H14F3N3O2S2. The van der Waals surface area contributed by atoms with E-state index in [4.69, 9.17) is 5.26 Å². The van der Waals surface area contributed by atoms with Crippen LogP contribution < -0.4 is 5.32 Å². The van der Waals surface area contributed by atoms with Crippen LogP contribution in [-0.4, -0.2) is 27.5 Å². The van der Waals surface area contributed by atoms with Crippen LogP contribution in [0, 0.1) is 11.3 Å². The summed E-state index contributed by atoms with van der Waals surface area (Å²) in [6.45, 7) is 1.25. The number of benzene rings is 2. The van der Waals surface area contributed by atoms with Crippen LogP contribution in [0.2, 0.25) is 0 Å². The number of aliphatic hydroxyl groups is 1. The average Bonchev–Trinajstić information content (AvgIpc) is 2.66. The van der Waals surface area contributed by atoms with E-state index in [9.17, 15) is 23.1 Å². The molecule has 0 aliphatic heterocycles. The topological polar surface area (TPSA) is 85.5 Å². The van der Waals surface area contributed by atoms with Crippen molar-refractivity contribution in [2.24, 2.45) is 4.99 Å². The number of isothiocyanates is 1. The maximum Gasteiger partial charge on any atom is 0.417 e. The van der Waals surface area contributed by atoms with Gasteiger partial charge in [0.05, 0.1) is 28.0 Å². The summed E-state index contributed by atoms with van der Waals surface area (Å²) in [6.07, 6.45) is -4.75. The van der Waals surface area contributed by atoms with E-state index in [1.165, 1.54) is 19.1 Å². The van der Waals surface area contributed by atoms with Gasteiger partial charge in [0.2, 0.25) is 0 Å². The predicted octanol–water partition coefficient (Wildman–Crippen LogP) is 4.79. The lowest BCUT2D eigenvalue weighted by molar-refractivity contribution is -0.137. The number of carbonyl (C=O) groups is 1. The molecule has 0 bridgehead atoms. The molecule has 2 rings (SSSR count). The van der Waals surface area contributed by atoms with Crippen molar-refractivity contribution in [1.29, 1.82) is 5.26 Å². The molecule has 2 aromatic rings. The normalized spacial score (nSPS) is 13.0. The van der Waals surface area contributed by atoms with E-state index in [2.05, 4.69) is 27.7 Å². The van der Waals surface area contributed by atoms with Gasteiger partial charge in [-0.1, -0.05) is 6.07 Å². The van der Waals surface area contributed by atoms with Crippen LogP contribution >= 0.6 is 24.0 Å². The van der Waals surface area contributed by atoms with E-state index in [1.54, 1.807) is 24.3 Å². The first kappa shape index (κ1) is 22.6. The molecule has 0 aliphatic rings. The Morgan fingerprint density at radius 2 is 2.03 bits per heavy atom. The molecular weight excluding hydrogens is 423 g/mol. The van der Waals surface area contributed by atoms with Crippen LogP contribution in [-0.2, 0) is 11.0 Å². The summed E-state index contributed by atoms with van der Waals surface area (Å²) in [6, 6.07) is 11.1. The molecule has 0 radical (unpaired) electrons. The Morgan fingerprint density at radius 1 is 1.31 bits per heavy atom. The van der Waals surface area contributed by atoms with E-state index in [0.717, 1.165) is 17.8 Å². The number of alkyl halides is 3. The number of carbonyl (C=O) groups excluding carboxylic acids is 1. The Balaban J connectivity index is 2.12. The number of aliphatic imine (C=N–C) groups is 1. The number of nitrogens with zero attached hydrogens (tertiary/aromatic N) is 2. The molecule has 0 unspecified atom stereocenters. The molecule has 10 heteroatoms. The monoisotopic (exact) mass is 437 g/mol. The van der Waals surface area contributed by atoms with Crippen molar-refractivity contribution in [3.8, 4) is 6.07 Å². The van der Waals surface area contributed by atoms with Gasteiger partial charge < -0.3 is 10.4 Å². The molecule has 0 saturated heterocycles. The van der Waals surface area contributed by atoms with Crippen LogP contribution in [0.5, 0.6) is 0 Å². The number of nitriles is 1. The van der Waals surface area contributed by atoms with Crippen LogP contribution in [0.25, 0.3) is 0 Å². The van der Waals surface area contributed by atoms with Crippen molar-refractivity contribution in [3.63, 3.8) is 0 Å². The number of rotatable bonds is 6. The smallest absolute Gasteiger partial charge is 0.379 e. The Kier molecular flexibility index (Phi) is 7.16. The first-order valence-corrected chi connectivity index (χ1v) is 9.42. The summed E-state index contributed by atoms with van der Waals surface area (Å²) >= 11 is 5.70. The summed E-state index contributed by atoms with van der Waals surface area (Å²) < 4.78 is 39.1. The highest BCUT2D eigenvalue weighted by atomic mass is 32.2. The van der Waals surface area contributed by atoms with Crippen molar-refractivity contribution >= 4 is 46.4 Å². The van der Waals surface area contributed by atoms with Gasteiger partial charge in [-0.2, -0.15) is 23.4 Å². The van der Waals surface area contributed by atoms with Gasteiger partial charge in [0.1, 0.15) is 5.60 Å². The third kappa shape index (κ3) is 6.14. The van der Waals surface area contributed by atoms with Gasteiger partial charge in [-0.05, 0) is 55.5 Å². The Labute approximate surface area is 174 Å². The van der Waals surface area contributed by atoms with E-state index in [1.807, 2.05) is 0 Å². The lowest BCUT2D eigenvalue weighted by atomic mass is 10.1. The molecule has 2 N–H and O–H groups in total. The first-order chi connectivity index (χ1) is 13.6. The molecule has 0 aromatic heterocycles. The summed E-state index contributed by atoms with van der Waals surface area (Å²) in [5.74, 6) is -0.942. The zero-order valence-electron chi connectivity index (χ0n) is 14.9. The lowest BCUT2D eigenvalue weighted by Crippen LogP contribution is -2.42. The number of halogens is 3. The van der Waals surface area contributed by atoms with Crippen LogP contribution in [0.3, 0.4) is 0 Å². The third-order valence-corrected chi connectivity index (χ3v) is 5.09. The second-order valence-corrected chi connectivity index (χ2v) is 7.32. The zero-order valence-corrected chi connectivity index (χ0v) is 16.6. The van der Waals surface area contributed by atoms with Gasteiger partial charge in [-0.3, -0.25) is 4.79 Å². The number of hydrogen-bond acceptors (Lipinski definition) is 6. The highest BCUT2D eigenvalue weighted by Gasteiger charge is 2.35. The molecule has 1 atom stereocenters. The van der Waals surface area contributed by atoms with Crippen molar-refractivity contribution in [2.75, 3.05) is 11.1 Å². The second kappa shape index (κ2) is 9.20. The van der Waals surface area contributed by atoms with E-state index >= 15 is 0 Å². The van der Waals surface area contributed by atoms with Gasteiger partial charge >= 0.3 is 6.18 Å². The maximum atomic E-state index is 13.0. The Hall–Kier alpha value is -2.70. The molecule has 0 heterocycles. The molecule has 0 fully saturated rings. The summed E-state index contributed by atoms with van der Waals surface area (Å²) in [5, 5.41) is 23.8. The predicted molar refractivity (Wildman–Crippen MR) is 107 cm³/mol. The van der Waals surface area contributed by atoms with Crippen LogP contribution in [0.4, 0.5) is 24.5 Å². The standard InChI is InChI=1S/C19H14F3N3O2S2/c1-18(27,10-29-15-4-2-3-13(7-15)24-11-28)17(26)25-14-6-5-12(9-23)16(8-14)19(20,21)22/h2-8,27H,10H2,1H3,(H,25,26)/t18-/m0/s1. The van der Waals surface area contributed by atoms with Crippen molar-refractivity contribution in [3.05, 3.63) is 53.6 Å². The highest BCUT2D eigenvalue weighted by Crippen LogP contribution is 2.34. The minimum Gasteiger partial charge on any atom is -0.379 e. The number of thioether (sulfide) groups is 1. The molecule has 0 spiro atoms. The average molecular weight is 437 g/mol. The van der Waals surface area contributed by atoms with Gasteiger partial charge in [-0.25, -0.2) is 0 Å². The number of hydrogen-bond donors (Lipinski definition) is 2. The number of anilines is 1. The lowest BCUT2D eigenvalue weighted by Gasteiger charge is -2.22. The third-order valence-electron chi connectivity index (χ3n) is 3.70. The van der Waals surface area contributed by atoms with Crippen molar-refractivity contribution < 1.29 is 23.1 Å². The summed E-state index contributed by atoms with van der Waals surface area (Å²) in [7, 11) is 0. The van der Waals surface area contributed by atoms with Crippen LogP contribution in [0.15, 0.2) is 52.4 Å². The Bertz CT molecular complexity index is 1010. The van der Waals surface area contributed by atoms with Crippen LogP contribution in [0.1, 0.15) is 18.1 Å². The minimum atomic E-state index is -4.75. The quantitative estimate of drug-likeness (QED) is 0.385. The number of amides is 1. The summed E-state index contributed by atoms with van der Waals surface area (Å²) in [5.41, 5.74) is -3.21. The maximum absolute atomic E-state index is 13.0. The van der Waals surface area contributed by atoms with Gasteiger partial charge in [0.15, 0.2) is 0 Å². The van der Waals surface area contributed by atoms with Crippen molar-refractivity contribution in [1.82, 2.24) is 0 Å². The van der Waals surface area contributed by atoms with Crippen molar-refractivity contribution in [2.45, 2.75) is 23.6 Å². The van der Waals surface area contributed by atoms with Gasteiger partial charge in [0, 0.05) is 16.3 Å². The van der Waals surface area contributed by atoms with Gasteiger partial charge in [-0.15, -0.1) is 11.8 Å². The fraction of sp³-hybridized carbons (Fsp3) is 0.211. The zero-order chi connectivity index (χ0) is 21.7. The molecule has 0 saturated carbocycles. The molecule has 150 valence electrons. The van der Waals surface area contributed by atoms with E-state index < -0.39 is 28.8 Å². The fourth-order valence-corrected chi connectivity index (χ4v) is 3.27. The first-order valence-electron chi connectivity index (χ1n) is 8.03. The Morgan fingerprint density at radius 3 is 2.66 bits per heavy atom. The summed E-state index contributed by atoms with van der Waals surface area (Å²) in [4.78, 5) is 16.9. The number of thiocarbonyl (C=S) groups is 1. The fourth-order valence-electron chi connectivity index (χ4n) is 2.20. The van der Waals surface area contributed by atoms with E-state index in [-0.39, 0.29) is 11.4 Å². The molecule has 5 nitrogen and oxygen atoms in total. The molecule has 29 heavy (non-hydrogen) atoms. The van der Waals surface area contributed by atoms with E-state index in [0.29, 0.717) is 16.6 Å². The SMILES string of the molecule is C[C@](O)(CSc1cccc(N=C=S)c1)C(=O)Nc1ccc(C#N)c(C(F)(F)F)c1.